The number of fused-ring (bicyclic) bond motifs is 3. The first kappa shape index (κ1) is 16.5. The average molecular weight is 362 g/mol. The molecule has 0 aliphatic carbocycles. The Kier molecular flexibility index (Phi) is 4.01. The number of aryl methyl sites for hydroxylation is 1. The van der Waals surface area contributed by atoms with E-state index in [-0.39, 0.29) is 0 Å². The zero-order chi connectivity index (χ0) is 17.6. The van der Waals surface area contributed by atoms with Crippen LogP contribution in [0.4, 0.5) is 0 Å². The standard InChI is InChI=1S/C22H23NSSi/c1-5-15-13-19(23-14-22(15)25(2,3)4)16-10-11-21-18(12-16)17-8-6-7-9-20(17)24-21/h6-14H,5H2,1-4H3. The SMILES string of the molecule is CCc1cc(-c2ccc3sc4ccccc4c3c2)ncc1[Si](C)(C)C. The Morgan fingerprint density at radius 3 is 2.44 bits per heavy atom. The van der Waals surface area contributed by atoms with Crippen molar-refractivity contribution in [2.24, 2.45) is 0 Å². The van der Waals surface area contributed by atoms with Crippen molar-refractivity contribution in [3.8, 4) is 11.3 Å². The van der Waals surface area contributed by atoms with E-state index in [0.717, 1.165) is 12.1 Å². The first-order valence-electron chi connectivity index (χ1n) is 8.88. The molecule has 0 spiro atoms. The smallest absolute Gasteiger partial charge is 0.0799 e. The number of nitrogens with zero attached hydrogens (tertiary/aromatic N) is 1. The molecule has 0 N–H and O–H groups in total. The lowest BCUT2D eigenvalue weighted by Gasteiger charge is -2.20. The van der Waals surface area contributed by atoms with Gasteiger partial charge in [-0.1, -0.05) is 50.8 Å². The maximum absolute atomic E-state index is 4.83. The van der Waals surface area contributed by atoms with Gasteiger partial charge in [-0.05, 0) is 41.4 Å². The van der Waals surface area contributed by atoms with Gasteiger partial charge in [0.05, 0.1) is 13.8 Å². The summed E-state index contributed by atoms with van der Waals surface area (Å²) in [5.41, 5.74) is 3.77. The van der Waals surface area contributed by atoms with Gasteiger partial charge in [0.25, 0.3) is 0 Å². The Bertz CT molecular complexity index is 1070. The molecule has 126 valence electrons. The molecule has 4 aromatic rings. The molecule has 1 nitrogen and oxygen atoms in total. The summed E-state index contributed by atoms with van der Waals surface area (Å²) >= 11 is 1.86. The number of pyridine rings is 1. The van der Waals surface area contributed by atoms with Crippen molar-refractivity contribution in [1.82, 2.24) is 4.98 Å². The van der Waals surface area contributed by atoms with Crippen LogP contribution < -0.4 is 5.19 Å². The fourth-order valence-electron chi connectivity index (χ4n) is 3.51. The van der Waals surface area contributed by atoms with Gasteiger partial charge >= 0.3 is 0 Å². The van der Waals surface area contributed by atoms with Crippen molar-refractivity contribution < 1.29 is 0 Å². The van der Waals surface area contributed by atoms with Gasteiger partial charge in [0.2, 0.25) is 0 Å². The van der Waals surface area contributed by atoms with E-state index in [0.29, 0.717) is 0 Å². The fourth-order valence-corrected chi connectivity index (χ4v) is 6.26. The molecule has 0 aliphatic rings. The number of aromatic nitrogens is 1. The second-order valence-corrected chi connectivity index (χ2v) is 13.8. The molecule has 3 heteroatoms. The molecule has 4 rings (SSSR count). The summed E-state index contributed by atoms with van der Waals surface area (Å²) in [6.07, 6.45) is 3.20. The highest BCUT2D eigenvalue weighted by Gasteiger charge is 2.20. The van der Waals surface area contributed by atoms with Gasteiger partial charge in [0.15, 0.2) is 0 Å². The van der Waals surface area contributed by atoms with E-state index in [9.17, 15) is 0 Å². The largest absolute Gasteiger partial charge is 0.256 e. The van der Waals surface area contributed by atoms with E-state index in [4.69, 9.17) is 4.98 Å². The minimum atomic E-state index is -1.35. The third-order valence-electron chi connectivity index (χ3n) is 4.85. The van der Waals surface area contributed by atoms with E-state index in [2.05, 4.69) is 81.3 Å². The van der Waals surface area contributed by atoms with Crippen LogP contribution in [0.1, 0.15) is 12.5 Å². The van der Waals surface area contributed by atoms with E-state index in [1.54, 1.807) is 0 Å². The number of hydrogen-bond donors (Lipinski definition) is 0. The van der Waals surface area contributed by atoms with Crippen molar-refractivity contribution in [2.45, 2.75) is 33.0 Å². The van der Waals surface area contributed by atoms with Gasteiger partial charge in [0, 0.05) is 31.9 Å². The van der Waals surface area contributed by atoms with Gasteiger partial charge in [-0.2, -0.15) is 0 Å². The first-order chi connectivity index (χ1) is 12.0. The van der Waals surface area contributed by atoms with Crippen molar-refractivity contribution in [1.29, 1.82) is 0 Å². The molecule has 2 aromatic heterocycles. The lowest BCUT2D eigenvalue weighted by atomic mass is 10.0. The van der Waals surface area contributed by atoms with Crippen LogP contribution in [0.2, 0.25) is 19.6 Å². The van der Waals surface area contributed by atoms with Gasteiger partial charge < -0.3 is 0 Å². The van der Waals surface area contributed by atoms with Crippen molar-refractivity contribution in [2.75, 3.05) is 0 Å². The third kappa shape index (κ3) is 2.92. The van der Waals surface area contributed by atoms with Crippen LogP contribution in [0.25, 0.3) is 31.4 Å². The van der Waals surface area contributed by atoms with Crippen molar-refractivity contribution >= 4 is 44.8 Å². The third-order valence-corrected chi connectivity index (χ3v) is 8.07. The van der Waals surface area contributed by atoms with E-state index in [1.165, 1.54) is 36.5 Å². The molecule has 0 aliphatic heterocycles. The molecule has 0 atom stereocenters. The summed E-state index contributed by atoms with van der Waals surface area (Å²) < 4.78 is 2.70. The van der Waals surface area contributed by atoms with Crippen LogP contribution in [0.3, 0.4) is 0 Å². The van der Waals surface area contributed by atoms with E-state index < -0.39 is 8.07 Å². The van der Waals surface area contributed by atoms with Gasteiger partial charge in [-0.3, -0.25) is 4.98 Å². The Morgan fingerprint density at radius 2 is 1.68 bits per heavy atom. The predicted octanol–water partition coefficient (Wildman–Crippen LogP) is 6.22. The topological polar surface area (TPSA) is 12.9 Å². The summed E-state index contributed by atoms with van der Waals surface area (Å²) in [6, 6.07) is 17.7. The lowest BCUT2D eigenvalue weighted by Crippen LogP contribution is -2.40. The number of rotatable bonds is 3. The normalized spacial score (nSPS) is 12.2. The molecule has 0 amide bonds. The molecule has 25 heavy (non-hydrogen) atoms. The molecule has 2 aromatic carbocycles. The summed E-state index contributed by atoms with van der Waals surface area (Å²) in [6.45, 7) is 9.43. The van der Waals surface area contributed by atoms with Crippen LogP contribution in [0.15, 0.2) is 54.7 Å². The second-order valence-electron chi connectivity index (χ2n) is 7.64. The molecule has 0 bridgehead atoms. The molecular formula is C22H23NSSi. The predicted molar refractivity (Wildman–Crippen MR) is 115 cm³/mol. The summed E-state index contributed by atoms with van der Waals surface area (Å²) in [4.78, 5) is 4.83. The van der Waals surface area contributed by atoms with Crippen LogP contribution >= 0.6 is 11.3 Å². The second kappa shape index (κ2) is 6.08. The van der Waals surface area contributed by atoms with Gasteiger partial charge in [-0.25, -0.2) is 0 Å². The number of thiophene rings is 1. The van der Waals surface area contributed by atoms with Crippen molar-refractivity contribution in [3.05, 3.63) is 60.3 Å². The van der Waals surface area contributed by atoms with E-state index >= 15 is 0 Å². The van der Waals surface area contributed by atoms with E-state index in [1.807, 2.05) is 11.3 Å². The zero-order valence-electron chi connectivity index (χ0n) is 15.3. The van der Waals surface area contributed by atoms with Gasteiger partial charge in [0.1, 0.15) is 0 Å². The zero-order valence-corrected chi connectivity index (χ0v) is 17.1. The Hall–Kier alpha value is -1.97. The molecule has 0 saturated carbocycles. The van der Waals surface area contributed by atoms with Crippen molar-refractivity contribution in [3.63, 3.8) is 0 Å². The minimum Gasteiger partial charge on any atom is -0.256 e. The van der Waals surface area contributed by atoms with Crippen LogP contribution in [0.5, 0.6) is 0 Å². The Balaban J connectivity index is 1.88. The Labute approximate surface area is 154 Å². The molecular weight excluding hydrogens is 338 g/mol. The summed E-state index contributed by atoms with van der Waals surface area (Å²) in [7, 11) is -1.35. The highest BCUT2D eigenvalue weighted by atomic mass is 32.1. The monoisotopic (exact) mass is 361 g/mol. The van der Waals surface area contributed by atoms with Gasteiger partial charge in [-0.15, -0.1) is 11.3 Å². The summed E-state index contributed by atoms with van der Waals surface area (Å²) in [5.74, 6) is 0. The highest BCUT2D eigenvalue weighted by Crippen LogP contribution is 2.35. The Morgan fingerprint density at radius 1 is 0.920 bits per heavy atom. The average Bonchev–Trinajstić information content (AvgIpc) is 2.98. The lowest BCUT2D eigenvalue weighted by molar-refractivity contribution is 1.13. The number of hydrogen-bond acceptors (Lipinski definition) is 2. The maximum Gasteiger partial charge on any atom is 0.0799 e. The molecule has 2 heterocycles. The van der Waals surface area contributed by atoms with Crippen LogP contribution in [-0.4, -0.2) is 13.1 Å². The number of benzene rings is 2. The molecule has 0 saturated heterocycles. The quantitative estimate of drug-likeness (QED) is 0.394. The highest BCUT2D eigenvalue weighted by molar-refractivity contribution is 7.25. The molecule has 0 fully saturated rings. The summed E-state index contributed by atoms with van der Waals surface area (Å²) in [5, 5.41) is 4.17. The first-order valence-corrected chi connectivity index (χ1v) is 13.2. The molecule has 0 unspecified atom stereocenters. The van der Waals surface area contributed by atoms with Crippen LogP contribution in [-0.2, 0) is 6.42 Å². The molecule has 0 radical (unpaired) electrons. The minimum absolute atomic E-state index is 1.07. The fraction of sp³-hybridized carbons (Fsp3) is 0.227. The maximum atomic E-state index is 4.83. The van der Waals surface area contributed by atoms with Crippen LogP contribution in [0, 0.1) is 0 Å².